The highest BCUT2D eigenvalue weighted by Gasteiger charge is 2.25. The number of amides is 1. The molecule has 0 saturated heterocycles. The molecule has 0 fully saturated rings. The first-order chi connectivity index (χ1) is 11.1. The zero-order valence-corrected chi connectivity index (χ0v) is 13.1. The van der Waals surface area contributed by atoms with Crippen LogP contribution in [-0.4, -0.2) is 40.0 Å². The van der Waals surface area contributed by atoms with Gasteiger partial charge in [-0.05, 0) is 24.5 Å². The fourth-order valence-electron chi connectivity index (χ4n) is 2.68. The molecule has 1 aliphatic rings. The number of nitrogens with zero attached hydrogens (tertiary/aromatic N) is 2. The second-order valence-electron chi connectivity index (χ2n) is 5.75. The number of nitrogens with one attached hydrogen (secondary N) is 1. The largest absolute Gasteiger partial charge is 0.384 e. The molecule has 1 amide bonds. The number of aliphatic hydroxyl groups excluding tert-OH is 1. The summed E-state index contributed by atoms with van der Waals surface area (Å²) in [4.78, 5) is 11.5. The minimum Gasteiger partial charge on any atom is -0.384 e. The van der Waals surface area contributed by atoms with E-state index >= 15 is 0 Å². The number of carbonyl (C=O) groups excluding carboxylic acids is 1. The van der Waals surface area contributed by atoms with Gasteiger partial charge in [-0.25, -0.2) is 0 Å². The quantitative estimate of drug-likeness (QED) is 0.864. The minimum absolute atomic E-state index is 0.265. The van der Waals surface area contributed by atoms with Crippen molar-refractivity contribution in [2.24, 2.45) is 0 Å². The predicted octanol–water partition coefficient (Wildman–Crippen LogP) is 1.04. The maximum atomic E-state index is 11.5. The van der Waals surface area contributed by atoms with Crippen LogP contribution in [0.15, 0.2) is 36.5 Å². The Kier molecular flexibility index (Phi) is 4.73. The van der Waals surface area contributed by atoms with E-state index in [9.17, 15) is 9.90 Å². The van der Waals surface area contributed by atoms with E-state index in [1.54, 1.807) is 0 Å². The summed E-state index contributed by atoms with van der Waals surface area (Å²) in [5.41, 5.74) is 3.22. The van der Waals surface area contributed by atoms with Crippen LogP contribution >= 0.6 is 0 Å². The molecule has 1 aromatic carbocycles. The van der Waals surface area contributed by atoms with Crippen LogP contribution in [0.1, 0.15) is 29.8 Å². The van der Waals surface area contributed by atoms with E-state index in [1.165, 1.54) is 12.5 Å². The molecule has 6 heteroatoms. The second-order valence-corrected chi connectivity index (χ2v) is 5.75. The first kappa shape index (κ1) is 15.7. The van der Waals surface area contributed by atoms with Gasteiger partial charge in [-0.1, -0.05) is 30.3 Å². The third-order valence-electron chi connectivity index (χ3n) is 3.89. The van der Waals surface area contributed by atoms with Crippen molar-refractivity contribution in [3.8, 4) is 0 Å². The lowest BCUT2D eigenvalue weighted by Gasteiger charge is -2.22. The molecule has 1 aliphatic heterocycles. The Hall–Kier alpha value is -2.18. The van der Waals surface area contributed by atoms with Crippen molar-refractivity contribution in [3.63, 3.8) is 0 Å². The number of benzene rings is 1. The molecular weight excluding hydrogens is 294 g/mol. The molecule has 3 rings (SSSR count). The maximum Gasteiger partial charge on any atom is 0.248 e. The van der Waals surface area contributed by atoms with Crippen LogP contribution in [0.4, 0.5) is 0 Å². The number of hydrogen-bond donors (Lipinski definition) is 2. The van der Waals surface area contributed by atoms with Crippen molar-refractivity contribution in [1.82, 2.24) is 15.1 Å². The van der Waals surface area contributed by atoms with Crippen molar-refractivity contribution in [2.75, 3.05) is 13.2 Å². The van der Waals surface area contributed by atoms with Crippen LogP contribution in [0.25, 0.3) is 0 Å². The van der Waals surface area contributed by atoms with Gasteiger partial charge in [0.05, 0.1) is 18.8 Å². The topological polar surface area (TPSA) is 76.4 Å². The molecular formula is C17H21N3O3. The summed E-state index contributed by atoms with van der Waals surface area (Å²) in [6.07, 6.45) is 1.59. The Morgan fingerprint density at radius 2 is 2.26 bits per heavy atom. The molecule has 23 heavy (non-hydrogen) atoms. The van der Waals surface area contributed by atoms with Gasteiger partial charge in [0.15, 0.2) is 0 Å². The molecule has 6 nitrogen and oxygen atoms in total. The third kappa shape index (κ3) is 3.78. The van der Waals surface area contributed by atoms with Gasteiger partial charge in [0.25, 0.3) is 0 Å². The minimum atomic E-state index is -1.02. The standard InChI is InChI=1S/C17H21N3O3/c1-12(21)17(22)18-9-15-16-14(7-8-23-15)11-20(19-16)10-13-5-3-2-4-6-13/h2-6,11-12,15,21H,7-10H2,1H3,(H,18,22)/t12-,15?/m1/s1. The molecule has 0 spiro atoms. The third-order valence-corrected chi connectivity index (χ3v) is 3.89. The summed E-state index contributed by atoms with van der Waals surface area (Å²) in [5, 5.41) is 16.6. The summed E-state index contributed by atoms with van der Waals surface area (Å²) in [7, 11) is 0. The monoisotopic (exact) mass is 315 g/mol. The molecule has 1 unspecified atom stereocenters. The van der Waals surface area contributed by atoms with Crippen LogP contribution in [0, 0.1) is 0 Å². The zero-order chi connectivity index (χ0) is 16.2. The lowest BCUT2D eigenvalue weighted by Crippen LogP contribution is -2.37. The average Bonchev–Trinajstić information content (AvgIpc) is 2.96. The number of fused-ring (bicyclic) bond motifs is 1. The first-order valence-corrected chi connectivity index (χ1v) is 7.81. The SMILES string of the molecule is C[C@@H](O)C(=O)NCC1OCCc2cn(Cc3ccccc3)nc21. The molecule has 2 N–H and O–H groups in total. The molecule has 2 aromatic rings. The van der Waals surface area contributed by atoms with Gasteiger partial charge in [0.1, 0.15) is 12.2 Å². The number of rotatable bonds is 5. The average molecular weight is 315 g/mol. The summed E-state index contributed by atoms with van der Waals surface area (Å²) in [5.74, 6) is -0.399. The predicted molar refractivity (Wildman–Crippen MR) is 84.9 cm³/mol. The van der Waals surface area contributed by atoms with Gasteiger partial charge in [0.2, 0.25) is 5.91 Å². The maximum absolute atomic E-state index is 11.5. The fraction of sp³-hybridized carbons (Fsp3) is 0.412. The highest BCUT2D eigenvalue weighted by atomic mass is 16.5. The van der Waals surface area contributed by atoms with Gasteiger partial charge >= 0.3 is 0 Å². The molecule has 0 aliphatic carbocycles. The van der Waals surface area contributed by atoms with Crippen LogP contribution in [0.5, 0.6) is 0 Å². The number of aliphatic hydroxyl groups is 1. The Bertz CT molecular complexity index is 667. The molecule has 1 aromatic heterocycles. The van der Waals surface area contributed by atoms with Crippen LogP contribution in [-0.2, 0) is 22.5 Å². The van der Waals surface area contributed by atoms with Gasteiger partial charge in [0, 0.05) is 12.7 Å². The van der Waals surface area contributed by atoms with E-state index in [1.807, 2.05) is 29.1 Å². The van der Waals surface area contributed by atoms with Crippen molar-refractivity contribution in [1.29, 1.82) is 0 Å². The molecule has 0 radical (unpaired) electrons. The molecule has 2 atom stereocenters. The second kappa shape index (κ2) is 6.93. The van der Waals surface area contributed by atoms with Gasteiger partial charge < -0.3 is 15.2 Å². The van der Waals surface area contributed by atoms with E-state index in [4.69, 9.17) is 4.74 Å². The number of hydrogen-bond acceptors (Lipinski definition) is 4. The van der Waals surface area contributed by atoms with E-state index in [-0.39, 0.29) is 6.10 Å². The van der Waals surface area contributed by atoms with Crippen LogP contribution in [0.3, 0.4) is 0 Å². The summed E-state index contributed by atoms with van der Waals surface area (Å²) in [6, 6.07) is 10.1. The number of carbonyl (C=O) groups is 1. The molecule has 2 heterocycles. The Balaban J connectivity index is 1.70. The Morgan fingerprint density at radius 1 is 1.48 bits per heavy atom. The number of ether oxygens (including phenoxy) is 1. The van der Waals surface area contributed by atoms with Gasteiger partial charge in [-0.2, -0.15) is 5.10 Å². The summed E-state index contributed by atoms with van der Waals surface area (Å²) >= 11 is 0. The summed E-state index contributed by atoms with van der Waals surface area (Å²) < 4.78 is 7.64. The zero-order valence-electron chi connectivity index (χ0n) is 13.1. The lowest BCUT2D eigenvalue weighted by atomic mass is 10.1. The van der Waals surface area contributed by atoms with Crippen molar-refractivity contribution < 1.29 is 14.6 Å². The van der Waals surface area contributed by atoms with E-state index < -0.39 is 12.0 Å². The number of aromatic nitrogens is 2. The summed E-state index contributed by atoms with van der Waals surface area (Å²) in [6.45, 7) is 3.08. The smallest absolute Gasteiger partial charge is 0.248 e. The molecule has 0 saturated carbocycles. The van der Waals surface area contributed by atoms with Gasteiger partial charge in [-0.3, -0.25) is 9.48 Å². The van der Waals surface area contributed by atoms with Crippen LogP contribution < -0.4 is 5.32 Å². The van der Waals surface area contributed by atoms with E-state index in [0.29, 0.717) is 19.7 Å². The molecule has 122 valence electrons. The highest BCUT2D eigenvalue weighted by molar-refractivity contribution is 5.79. The fourth-order valence-corrected chi connectivity index (χ4v) is 2.68. The Morgan fingerprint density at radius 3 is 3.00 bits per heavy atom. The van der Waals surface area contributed by atoms with Crippen LogP contribution in [0.2, 0.25) is 0 Å². The Labute approximate surface area is 135 Å². The van der Waals surface area contributed by atoms with E-state index in [2.05, 4.69) is 22.5 Å². The lowest BCUT2D eigenvalue weighted by molar-refractivity contribution is -0.129. The van der Waals surface area contributed by atoms with Crippen molar-refractivity contribution in [3.05, 3.63) is 53.3 Å². The normalized spacial score (nSPS) is 18.3. The van der Waals surface area contributed by atoms with Crippen molar-refractivity contribution in [2.45, 2.75) is 32.1 Å². The van der Waals surface area contributed by atoms with E-state index in [0.717, 1.165) is 17.7 Å². The highest BCUT2D eigenvalue weighted by Crippen LogP contribution is 2.25. The van der Waals surface area contributed by atoms with Gasteiger partial charge in [-0.15, -0.1) is 0 Å². The first-order valence-electron chi connectivity index (χ1n) is 7.81. The molecule has 0 bridgehead atoms. The van der Waals surface area contributed by atoms with Crippen molar-refractivity contribution >= 4 is 5.91 Å².